The highest BCUT2D eigenvalue weighted by molar-refractivity contribution is 5.95. The number of likely N-dealkylation sites (tertiary alicyclic amines) is 1. The summed E-state index contributed by atoms with van der Waals surface area (Å²) in [6, 6.07) is 7.26. The zero-order valence-electron chi connectivity index (χ0n) is 10.6. The molecule has 1 aliphatic heterocycles. The highest BCUT2D eigenvalue weighted by atomic mass is 35.5. The van der Waals surface area contributed by atoms with Gasteiger partial charge >= 0.3 is 0 Å². The molecule has 0 atom stereocenters. The molecule has 0 spiro atoms. The van der Waals surface area contributed by atoms with Crippen molar-refractivity contribution in [2.75, 3.05) is 18.8 Å². The molecule has 1 fully saturated rings. The summed E-state index contributed by atoms with van der Waals surface area (Å²) in [6.07, 6.45) is 6.02. The van der Waals surface area contributed by atoms with Crippen molar-refractivity contribution in [3.63, 3.8) is 0 Å². The van der Waals surface area contributed by atoms with E-state index in [1.165, 1.54) is 19.3 Å². The lowest BCUT2D eigenvalue weighted by Gasteiger charge is -2.24. The Labute approximate surface area is 115 Å². The predicted octanol–water partition coefficient (Wildman–Crippen LogP) is 3.10. The van der Waals surface area contributed by atoms with E-state index in [-0.39, 0.29) is 18.3 Å². The lowest BCUT2D eigenvalue weighted by Crippen LogP contribution is -2.33. The maximum Gasteiger partial charge on any atom is 0.253 e. The molecule has 3 nitrogen and oxygen atoms in total. The molecule has 0 aliphatic carbocycles. The van der Waals surface area contributed by atoms with Crippen LogP contribution in [0.5, 0.6) is 0 Å². The molecule has 0 saturated carbocycles. The van der Waals surface area contributed by atoms with Crippen LogP contribution in [0, 0.1) is 0 Å². The van der Waals surface area contributed by atoms with Crippen molar-refractivity contribution in [1.82, 2.24) is 4.90 Å². The third kappa shape index (κ3) is 3.91. The van der Waals surface area contributed by atoms with E-state index in [2.05, 4.69) is 0 Å². The van der Waals surface area contributed by atoms with Crippen LogP contribution in [-0.2, 0) is 0 Å². The Hall–Kier alpha value is -1.22. The van der Waals surface area contributed by atoms with Crippen molar-refractivity contribution >= 4 is 24.0 Å². The van der Waals surface area contributed by atoms with Gasteiger partial charge in [-0.05, 0) is 31.0 Å². The number of halogens is 1. The van der Waals surface area contributed by atoms with Crippen molar-refractivity contribution in [1.29, 1.82) is 0 Å². The van der Waals surface area contributed by atoms with E-state index in [0.29, 0.717) is 11.3 Å². The fraction of sp³-hybridized carbons (Fsp3) is 0.500. The van der Waals surface area contributed by atoms with Gasteiger partial charge in [0.25, 0.3) is 5.91 Å². The van der Waals surface area contributed by atoms with Gasteiger partial charge in [-0.2, -0.15) is 0 Å². The van der Waals surface area contributed by atoms with E-state index in [1.807, 2.05) is 23.1 Å². The maximum absolute atomic E-state index is 12.3. The van der Waals surface area contributed by atoms with Gasteiger partial charge in [0.1, 0.15) is 0 Å². The van der Waals surface area contributed by atoms with Crippen LogP contribution < -0.4 is 5.73 Å². The van der Waals surface area contributed by atoms with Crippen LogP contribution >= 0.6 is 12.4 Å². The molecule has 0 unspecified atom stereocenters. The fourth-order valence-electron chi connectivity index (χ4n) is 2.30. The number of nitrogens with two attached hydrogens (primary N) is 1. The smallest absolute Gasteiger partial charge is 0.253 e. The number of carbonyl (C=O) groups excluding carboxylic acids is 1. The Morgan fingerprint density at radius 1 is 1.06 bits per heavy atom. The molecule has 1 saturated heterocycles. The molecular formula is C14H21ClN2O. The average Bonchev–Trinajstić information content (AvgIpc) is 2.28. The van der Waals surface area contributed by atoms with Gasteiger partial charge in [0.2, 0.25) is 0 Å². The number of amides is 1. The summed E-state index contributed by atoms with van der Waals surface area (Å²) in [5.74, 6) is 0.124. The van der Waals surface area contributed by atoms with Gasteiger partial charge in [-0.1, -0.05) is 25.3 Å². The molecule has 0 radical (unpaired) electrons. The van der Waals surface area contributed by atoms with Crippen LogP contribution in [0.3, 0.4) is 0 Å². The van der Waals surface area contributed by atoms with E-state index in [0.717, 1.165) is 25.9 Å². The number of anilines is 1. The maximum atomic E-state index is 12.3. The topological polar surface area (TPSA) is 46.3 Å². The molecule has 1 heterocycles. The molecule has 18 heavy (non-hydrogen) atoms. The second kappa shape index (κ2) is 7.27. The Kier molecular flexibility index (Phi) is 5.99. The minimum absolute atomic E-state index is 0. The van der Waals surface area contributed by atoms with Gasteiger partial charge in [0, 0.05) is 24.3 Å². The van der Waals surface area contributed by atoms with E-state index in [4.69, 9.17) is 5.73 Å². The van der Waals surface area contributed by atoms with E-state index < -0.39 is 0 Å². The van der Waals surface area contributed by atoms with Gasteiger partial charge in [0.05, 0.1) is 0 Å². The van der Waals surface area contributed by atoms with Crippen molar-refractivity contribution in [2.45, 2.75) is 32.1 Å². The molecule has 2 rings (SSSR count). The third-order valence-corrected chi connectivity index (χ3v) is 3.28. The van der Waals surface area contributed by atoms with Gasteiger partial charge < -0.3 is 10.6 Å². The summed E-state index contributed by atoms with van der Waals surface area (Å²) in [5.41, 5.74) is 7.08. The monoisotopic (exact) mass is 268 g/mol. The second-order valence-electron chi connectivity index (χ2n) is 4.69. The number of benzene rings is 1. The molecule has 1 amide bonds. The first kappa shape index (κ1) is 14.8. The Bertz CT molecular complexity index is 387. The van der Waals surface area contributed by atoms with Crippen molar-refractivity contribution in [2.24, 2.45) is 0 Å². The molecule has 1 aliphatic rings. The summed E-state index contributed by atoms with van der Waals surface area (Å²) in [7, 11) is 0. The van der Waals surface area contributed by atoms with Gasteiger partial charge in [-0.15, -0.1) is 12.4 Å². The first-order valence-electron chi connectivity index (χ1n) is 6.42. The normalized spacial score (nSPS) is 16.3. The van der Waals surface area contributed by atoms with Crippen molar-refractivity contribution in [3.05, 3.63) is 29.8 Å². The summed E-state index contributed by atoms with van der Waals surface area (Å²) < 4.78 is 0. The molecular weight excluding hydrogens is 248 g/mol. The number of carbonyl (C=O) groups is 1. The molecule has 0 aromatic heterocycles. The molecule has 0 bridgehead atoms. The number of rotatable bonds is 1. The van der Waals surface area contributed by atoms with Gasteiger partial charge in [-0.3, -0.25) is 4.79 Å². The highest BCUT2D eigenvalue weighted by Crippen LogP contribution is 2.15. The van der Waals surface area contributed by atoms with Crippen LogP contribution in [0.1, 0.15) is 42.5 Å². The first-order chi connectivity index (χ1) is 8.27. The second-order valence-corrected chi connectivity index (χ2v) is 4.69. The van der Waals surface area contributed by atoms with Crippen LogP contribution in [0.15, 0.2) is 24.3 Å². The SMILES string of the molecule is Cl.Nc1cccc(C(=O)N2CCCCCCC2)c1. The summed E-state index contributed by atoms with van der Waals surface area (Å²) in [6.45, 7) is 1.77. The van der Waals surface area contributed by atoms with Crippen LogP contribution in [0.2, 0.25) is 0 Å². The van der Waals surface area contributed by atoms with Gasteiger partial charge in [0.15, 0.2) is 0 Å². The summed E-state index contributed by atoms with van der Waals surface area (Å²) in [5, 5.41) is 0. The molecule has 4 heteroatoms. The third-order valence-electron chi connectivity index (χ3n) is 3.28. The zero-order chi connectivity index (χ0) is 12.1. The number of nitrogens with zero attached hydrogens (tertiary/aromatic N) is 1. The van der Waals surface area contributed by atoms with E-state index in [1.54, 1.807) is 6.07 Å². The molecule has 1 aromatic rings. The van der Waals surface area contributed by atoms with Crippen molar-refractivity contribution in [3.8, 4) is 0 Å². The van der Waals surface area contributed by atoms with E-state index in [9.17, 15) is 4.79 Å². The molecule has 1 aromatic carbocycles. The number of hydrogen-bond acceptors (Lipinski definition) is 2. The molecule has 2 N–H and O–H groups in total. The van der Waals surface area contributed by atoms with Crippen molar-refractivity contribution < 1.29 is 4.79 Å². The van der Waals surface area contributed by atoms with Crippen LogP contribution in [0.25, 0.3) is 0 Å². The standard InChI is InChI=1S/C14H20N2O.ClH/c15-13-8-6-7-12(11-13)14(17)16-9-4-2-1-3-5-10-16;/h6-8,11H,1-5,9-10,15H2;1H. The Balaban J connectivity index is 0.00000162. The first-order valence-corrected chi connectivity index (χ1v) is 6.42. The lowest BCUT2D eigenvalue weighted by molar-refractivity contribution is 0.0742. The van der Waals surface area contributed by atoms with E-state index >= 15 is 0 Å². The van der Waals surface area contributed by atoms with Crippen LogP contribution in [0.4, 0.5) is 5.69 Å². The Morgan fingerprint density at radius 2 is 1.67 bits per heavy atom. The molecule has 100 valence electrons. The Morgan fingerprint density at radius 3 is 2.28 bits per heavy atom. The minimum atomic E-state index is 0. The summed E-state index contributed by atoms with van der Waals surface area (Å²) in [4.78, 5) is 14.3. The summed E-state index contributed by atoms with van der Waals surface area (Å²) >= 11 is 0. The largest absolute Gasteiger partial charge is 0.399 e. The minimum Gasteiger partial charge on any atom is -0.399 e. The van der Waals surface area contributed by atoms with Gasteiger partial charge in [-0.25, -0.2) is 0 Å². The zero-order valence-corrected chi connectivity index (χ0v) is 11.4. The number of hydrogen-bond donors (Lipinski definition) is 1. The quantitative estimate of drug-likeness (QED) is 0.796. The predicted molar refractivity (Wildman–Crippen MR) is 77.1 cm³/mol. The lowest BCUT2D eigenvalue weighted by atomic mass is 10.1. The fourth-order valence-corrected chi connectivity index (χ4v) is 2.30. The number of nitrogen functional groups attached to an aromatic ring is 1. The van der Waals surface area contributed by atoms with Crippen LogP contribution in [-0.4, -0.2) is 23.9 Å². The highest BCUT2D eigenvalue weighted by Gasteiger charge is 2.16. The average molecular weight is 269 g/mol.